The Labute approximate surface area is 387 Å². The Morgan fingerprint density at radius 3 is 2.38 bits per heavy atom. The molecule has 17 heteroatoms. The van der Waals surface area contributed by atoms with Crippen LogP contribution in [0.15, 0.2) is 66.9 Å². The largest absolute Gasteiger partial charge is 0.494 e. The molecule has 5 heterocycles. The van der Waals surface area contributed by atoms with Crippen LogP contribution in [0, 0.1) is 0 Å². The smallest absolute Gasteiger partial charge is 0.255 e. The van der Waals surface area contributed by atoms with Crippen LogP contribution in [-0.4, -0.2) is 127 Å². The number of amides is 3. The van der Waals surface area contributed by atoms with Gasteiger partial charge in [-0.05, 0) is 88.4 Å². The van der Waals surface area contributed by atoms with Crippen molar-refractivity contribution in [2.45, 2.75) is 76.4 Å². The van der Waals surface area contributed by atoms with Crippen LogP contribution in [0.3, 0.4) is 0 Å². The lowest BCUT2D eigenvalue weighted by Gasteiger charge is -2.43. The van der Waals surface area contributed by atoms with Crippen LogP contribution in [-0.2, 0) is 20.7 Å². The van der Waals surface area contributed by atoms with Crippen LogP contribution in [0.2, 0.25) is 5.02 Å². The van der Waals surface area contributed by atoms with Crippen molar-refractivity contribution in [3.05, 3.63) is 83.0 Å². The van der Waals surface area contributed by atoms with Gasteiger partial charge in [0.05, 0.1) is 37.8 Å². The minimum atomic E-state index is -2.54. The third-order valence-electron chi connectivity index (χ3n) is 13.1. The van der Waals surface area contributed by atoms with Gasteiger partial charge in [0.25, 0.3) is 5.91 Å². The van der Waals surface area contributed by atoms with Gasteiger partial charge >= 0.3 is 0 Å². The molecule has 1 atom stereocenters. The van der Waals surface area contributed by atoms with E-state index < -0.39 is 19.1 Å². The lowest BCUT2D eigenvalue weighted by atomic mass is 10.0. The van der Waals surface area contributed by atoms with E-state index in [9.17, 15) is 18.9 Å². The molecule has 0 saturated carbocycles. The molecule has 3 N–H and O–H groups in total. The molecule has 3 aromatic carbocycles. The first-order valence-electron chi connectivity index (χ1n) is 22.9. The van der Waals surface area contributed by atoms with E-state index in [4.69, 9.17) is 21.1 Å². The van der Waals surface area contributed by atoms with E-state index in [1.54, 1.807) is 37.6 Å². The van der Waals surface area contributed by atoms with Crippen molar-refractivity contribution in [2.24, 2.45) is 0 Å². The molecule has 0 spiro atoms. The molecule has 3 amide bonds. The molecular weight excluding hydrogens is 865 g/mol. The van der Waals surface area contributed by atoms with E-state index in [0.29, 0.717) is 65.2 Å². The van der Waals surface area contributed by atoms with Gasteiger partial charge < -0.3 is 39.4 Å². The van der Waals surface area contributed by atoms with Crippen LogP contribution < -0.4 is 35.6 Å². The van der Waals surface area contributed by atoms with Crippen LogP contribution >= 0.6 is 18.7 Å². The van der Waals surface area contributed by atoms with E-state index >= 15 is 0 Å². The summed E-state index contributed by atoms with van der Waals surface area (Å²) in [6, 6.07) is 19.1. The molecule has 4 aliphatic rings. The standard InChI is InChI=1S/C48H61ClN9O6P/c1-63-42-30-34(16-17-38(42)52-48-50-31-37(49)45(54-48)51-39-13-7-8-15-43(39)65(2,3)62)56-23-20-33(21-24-56)57-27-25-55(26-28-57)22-9-5-4-6-10-29-64-41-14-11-12-35-36(41)32-58(47(35)61)40-18-19-44(59)53-46(40)60/h7-8,11-17,30-31,33,40H,4-6,9-10,18-29,32H2,1-3H3,(H,53,59,60)(H2,50,51,52,54). The summed E-state index contributed by atoms with van der Waals surface area (Å²) < 4.78 is 24.9. The number of fused-ring (bicyclic) bond motifs is 1. The Bertz CT molecular complexity index is 2400. The van der Waals surface area contributed by atoms with Crippen molar-refractivity contribution in [2.75, 3.05) is 88.4 Å². The Morgan fingerprint density at radius 2 is 1.62 bits per heavy atom. The number of methoxy groups -OCH3 is 1. The fourth-order valence-electron chi connectivity index (χ4n) is 9.48. The SMILES string of the molecule is COc1cc(N2CCC(N3CCN(CCCCCCCOc4cccc5c4CN(C4CCC(=O)NC4=O)C5=O)CC3)CC2)ccc1Nc1ncc(Cl)c(Nc2ccccc2P(C)(C)=O)n1. The maximum absolute atomic E-state index is 13.1. The zero-order valence-corrected chi connectivity index (χ0v) is 39.3. The molecular formula is C48H61ClN9O6P. The second-order valence-electron chi connectivity index (χ2n) is 17.8. The van der Waals surface area contributed by atoms with Gasteiger partial charge in [0.15, 0.2) is 5.82 Å². The number of piperidine rings is 2. The summed E-state index contributed by atoms with van der Waals surface area (Å²) in [7, 11) is -0.876. The average Bonchev–Trinajstić information content (AvgIpc) is 3.64. The summed E-state index contributed by atoms with van der Waals surface area (Å²) in [6.07, 6.45) is 9.98. The van der Waals surface area contributed by atoms with Gasteiger partial charge in [-0.2, -0.15) is 4.98 Å². The van der Waals surface area contributed by atoms with E-state index in [1.807, 2.05) is 42.5 Å². The molecule has 0 radical (unpaired) electrons. The molecule has 3 saturated heterocycles. The van der Waals surface area contributed by atoms with Gasteiger partial charge in [-0.3, -0.25) is 24.6 Å². The second kappa shape index (κ2) is 21.0. The number of nitrogens with zero attached hydrogens (tertiary/aromatic N) is 6. The maximum Gasteiger partial charge on any atom is 0.255 e. The number of rotatable bonds is 18. The fourth-order valence-corrected chi connectivity index (χ4v) is 10.8. The molecule has 4 aromatic rings. The van der Waals surface area contributed by atoms with Crippen molar-refractivity contribution >= 4 is 70.6 Å². The summed E-state index contributed by atoms with van der Waals surface area (Å²) >= 11 is 6.49. The fraction of sp³-hybridized carbons (Fsp3) is 0.479. The molecule has 8 rings (SSSR count). The number of piperazine rings is 1. The Kier molecular flexibility index (Phi) is 14.9. The van der Waals surface area contributed by atoms with Gasteiger partial charge in [-0.1, -0.05) is 49.1 Å². The molecule has 3 fully saturated rings. The lowest BCUT2D eigenvalue weighted by molar-refractivity contribution is -0.136. The number of benzene rings is 3. The van der Waals surface area contributed by atoms with Crippen molar-refractivity contribution in [3.63, 3.8) is 0 Å². The van der Waals surface area contributed by atoms with Crippen molar-refractivity contribution < 1.29 is 28.4 Å². The van der Waals surface area contributed by atoms with Crippen molar-refractivity contribution in [3.8, 4) is 11.5 Å². The molecule has 0 bridgehead atoms. The predicted molar refractivity (Wildman–Crippen MR) is 256 cm³/mol. The lowest BCUT2D eigenvalue weighted by Crippen LogP contribution is -2.53. The third-order valence-corrected chi connectivity index (χ3v) is 14.9. The first-order chi connectivity index (χ1) is 31.4. The van der Waals surface area contributed by atoms with Gasteiger partial charge in [-0.25, -0.2) is 4.98 Å². The van der Waals surface area contributed by atoms with Crippen LogP contribution in [0.25, 0.3) is 0 Å². The van der Waals surface area contributed by atoms with Gasteiger partial charge in [0.2, 0.25) is 17.8 Å². The highest BCUT2D eigenvalue weighted by Crippen LogP contribution is 2.39. The number of para-hydroxylation sites is 1. The quantitative estimate of drug-likeness (QED) is 0.0521. The van der Waals surface area contributed by atoms with Crippen molar-refractivity contribution in [1.82, 2.24) is 30.0 Å². The zero-order valence-electron chi connectivity index (χ0n) is 37.7. The second-order valence-corrected chi connectivity index (χ2v) is 21.4. The molecule has 15 nitrogen and oxygen atoms in total. The highest BCUT2D eigenvalue weighted by Gasteiger charge is 2.40. The molecule has 1 aromatic heterocycles. The van der Waals surface area contributed by atoms with Crippen LogP contribution in [0.4, 0.5) is 28.8 Å². The van der Waals surface area contributed by atoms with E-state index in [-0.39, 0.29) is 18.2 Å². The molecule has 346 valence electrons. The maximum atomic E-state index is 13.1. The first-order valence-corrected chi connectivity index (χ1v) is 25.9. The Morgan fingerprint density at radius 1 is 0.846 bits per heavy atom. The summed E-state index contributed by atoms with van der Waals surface area (Å²) in [6.45, 7) is 12.0. The number of carbonyl (C=O) groups excluding carboxylic acids is 3. The number of unbranched alkanes of at least 4 members (excludes halogenated alkanes) is 4. The van der Waals surface area contributed by atoms with Gasteiger partial charge in [-0.15, -0.1) is 0 Å². The number of hydrogen-bond acceptors (Lipinski definition) is 13. The minimum Gasteiger partial charge on any atom is -0.494 e. The average molecular weight is 926 g/mol. The van der Waals surface area contributed by atoms with E-state index in [1.165, 1.54) is 12.8 Å². The highest BCUT2D eigenvalue weighted by molar-refractivity contribution is 7.70. The normalized spacial score (nSPS) is 18.7. The molecule has 4 aliphatic heterocycles. The Hall–Kier alpha value is -5.21. The van der Waals surface area contributed by atoms with Gasteiger partial charge in [0, 0.05) is 79.9 Å². The number of anilines is 5. The Balaban J connectivity index is 0.717. The molecule has 65 heavy (non-hydrogen) atoms. The number of aromatic nitrogens is 2. The third kappa shape index (κ3) is 11.3. The van der Waals surface area contributed by atoms with Gasteiger partial charge in [0.1, 0.15) is 29.7 Å². The number of imide groups is 1. The van der Waals surface area contributed by atoms with Crippen LogP contribution in [0.5, 0.6) is 11.5 Å². The summed E-state index contributed by atoms with van der Waals surface area (Å²) in [5.41, 5.74) is 3.97. The summed E-state index contributed by atoms with van der Waals surface area (Å²) in [5.74, 6) is 1.30. The monoisotopic (exact) mass is 925 g/mol. The predicted octanol–water partition coefficient (Wildman–Crippen LogP) is 7.25. The summed E-state index contributed by atoms with van der Waals surface area (Å²) in [4.78, 5) is 55.5. The van der Waals surface area contributed by atoms with Crippen molar-refractivity contribution in [1.29, 1.82) is 0 Å². The van der Waals surface area contributed by atoms with E-state index in [2.05, 4.69) is 52.8 Å². The summed E-state index contributed by atoms with van der Waals surface area (Å²) in [5, 5.41) is 9.99. The number of halogens is 1. The number of carbonyl (C=O) groups is 3. The van der Waals surface area contributed by atoms with Crippen LogP contribution in [0.1, 0.15) is 73.7 Å². The molecule has 0 aliphatic carbocycles. The minimum absolute atomic E-state index is 0.179. The highest BCUT2D eigenvalue weighted by atomic mass is 35.5. The number of ether oxygens (including phenoxy) is 2. The topological polar surface area (TPSA) is 162 Å². The van der Waals surface area contributed by atoms with E-state index in [0.717, 1.165) is 100 Å². The molecule has 1 unspecified atom stereocenters. The number of nitrogens with one attached hydrogen (secondary N) is 3. The number of hydrogen-bond donors (Lipinski definition) is 3. The first kappa shape index (κ1) is 46.3. The zero-order chi connectivity index (χ0) is 45.5.